The van der Waals surface area contributed by atoms with Crippen LogP contribution in [0.2, 0.25) is 0 Å². The number of hydrogen-bond donors (Lipinski definition) is 3. The van der Waals surface area contributed by atoms with Gasteiger partial charge in [0, 0.05) is 17.1 Å². The fourth-order valence-corrected chi connectivity index (χ4v) is 5.65. The second-order valence-corrected chi connectivity index (χ2v) is 9.63. The van der Waals surface area contributed by atoms with Gasteiger partial charge in [0.1, 0.15) is 22.5 Å². The van der Waals surface area contributed by atoms with Crippen molar-refractivity contribution in [3.8, 4) is 0 Å². The zero-order chi connectivity index (χ0) is 21.8. The lowest BCUT2D eigenvalue weighted by molar-refractivity contribution is -0.128. The third-order valence-corrected chi connectivity index (χ3v) is 7.28. The van der Waals surface area contributed by atoms with E-state index in [-0.39, 0.29) is 30.3 Å². The number of nitrogens with zero attached hydrogens (tertiary/aromatic N) is 1. The molecule has 3 aromatic rings. The number of furan rings is 1. The molecular formula is C21H24N4O4S2. The van der Waals surface area contributed by atoms with Gasteiger partial charge in [-0.15, -0.1) is 11.3 Å². The maximum absolute atomic E-state index is 12.5. The van der Waals surface area contributed by atoms with Crippen LogP contribution in [0.25, 0.3) is 10.2 Å². The van der Waals surface area contributed by atoms with Crippen LogP contribution in [0, 0.1) is 0 Å². The normalized spacial score (nSPS) is 13.8. The lowest BCUT2D eigenvalue weighted by Crippen LogP contribution is -2.44. The number of thioether (sulfide) groups is 1. The zero-order valence-electron chi connectivity index (χ0n) is 17.2. The molecule has 1 atom stereocenters. The van der Waals surface area contributed by atoms with Crippen LogP contribution in [0.15, 0.2) is 27.6 Å². The maximum Gasteiger partial charge on any atom is 0.259 e. The van der Waals surface area contributed by atoms with E-state index in [1.54, 1.807) is 36.7 Å². The molecule has 0 bridgehead atoms. The zero-order valence-corrected chi connectivity index (χ0v) is 18.8. The first-order valence-corrected chi connectivity index (χ1v) is 12.2. The van der Waals surface area contributed by atoms with Gasteiger partial charge >= 0.3 is 0 Å². The third kappa shape index (κ3) is 5.19. The molecule has 2 amide bonds. The predicted molar refractivity (Wildman–Crippen MR) is 121 cm³/mol. The van der Waals surface area contributed by atoms with E-state index in [0.717, 1.165) is 29.5 Å². The molecule has 4 rings (SSSR count). The van der Waals surface area contributed by atoms with Crippen LogP contribution in [0.4, 0.5) is 0 Å². The summed E-state index contributed by atoms with van der Waals surface area (Å²) in [6.07, 6.45) is 4.93. The van der Waals surface area contributed by atoms with Gasteiger partial charge in [-0.1, -0.05) is 0 Å². The van der Waals surface area contributed by atoms with Crippen molar-refractivity contribution in [2.75, 3.05) is 5.75 Å². The van der Waals surface area contributed by atoms with Crippen molar-refractivity contribution in [1.29, 1.82) is 0 Å². The summed E-state index contributed by atoms with van der Waals surface area (Å²) in [5, 5.41) is 6.17. The van der Waals surface area contributed by atoms with Gasteiger partial charge in [-0.25, -0.2) is 4.98 Å². The Morgan fingerprint density at radius 1 is 1.39 bits per heavy atom. The van der Waals surface area contributed by atoms with Gasteiger partial charge < -0.3 is 20.0 Å². The summed E-state index contributed by atoms with van der Waals surface area (Å²) >= 11 is 3.15. The molecule has 10 heteroatoms. The smallest absolute Gasteiger partial charge is 0.259 e. The van der Waals surface area contributed by atoms with Crippen molar-refractivity contribution in [1.82, 2.24) is 20.6 Å². The van der Waals surface area contributed by atoms with Gasteiger partial charge in [0.05, 0.1) is 23.9 Å². The highest BCUT2D eigenvalue weighted by Gasteiger charge is 2.21. The number of hydrogen-bond acceptors (Lipinski definition) is 7. The molecule has 1 aliphatic rings. The second-order valence-electron chi connectivity index (χ2n) is 7.44. The minimum atomic E-state index is -0.631. The minimum absolute atomic E-state index is 0.0628. The van der Waals surface area contributed by atoms with Gasteiger partial charge in [-0.3, -0.25) is 14.4 Å². The number of amides is 2. The molecule has 0 fully saturated rings. The van der Waals surface area contributed by atoms with E-state index in [1.807, 2.05) is 0 Å². The molecule has 3 heterocycles. The highest BCUT2D eigenvalue weighted by molar-refractivity contribution is 7.98. The topological polar surface area (TPSA) is 117 Å². The Bertz CT molecular complexity index is 1140. The fourth-order valence-electron chi connectivity index (χ4n) is 3.57. The van der Waals surface area contributed by atoms with E-state index < -0.39 is 6.04 Å². The van der Waals surface area contributed by atoms with E-state index >= 15 is 0 Å². The first-order chi connectivity index (χ1) is 15.0. The van der Waals surface area contributed by atoms with E-state index in [2.05, 4.69) is 20.6 Å². The molecule has 1 unspecified atom stereocenters. The van der Waals surface area contributed by atoms with Crippen LogP contribution in [0.3, 0.4) is 0 Å². The Balaban J connectivity index is 1.20. The van der Waals surface area contributed by atoms with Gasteiger partial charge in [-0.05, 0) is 43.9 Å². The van der Waals surface area contributed by atoms with Crippen LogP contribution in [-0.4, -0.2) is 33.6 Å². The van der Waals surface area contributed by atoms with E-state index in [1.165, 1.54) is 22.2 Å². The lowest BCUT2D eigenvalue weighted by Gasteiger charge is -2.13. The summed E-state index contributed by atoms with van der Waals surface area (Å²) in [6, 6.07) is 2.89. The first kappa shape index (κ1) is 21.6. The van der Waals surface area contributed by atoms with Gasteiger partial charge in [0.15, 0.2) is 0 Å². The van der Waals surface area contributed by atoms with Crippen molar-refractivity contribution in [3.05, 3.63) is 50.8 Å². The molecule has 0 saturated heterocycles. The molecule has 0 aliphatic heterocycles. The second kappa shape index (κ2) is 9.69. The molecule has 3 aromatic heterocycles. The van der Waals surface area contributed by atoms with Gasteiger partial charge in [0.2, 0.25) is 11.8 Å². The van der Waals surface area contributed by atoms with E-state index in [9.17, 15) is 14.4 Å². The number of carbonyl (C=O) groups is 2. The van der Waals surface area contributed by atoms with Crippen molar-refractivity contribution in [2.45, 2.75) is 50.9 Å². The maximum atomic E-state index is 12.5. The Labute approximate surface area is 187 Å². The van der Waals surface area contributed by atoms with Crippen molar-refractivity contribution >= 4 is 45.1 Å². The van der Waals surface area contributed by atoms with Gasteiger partial charge in [0.25, 0.3) is 5.56 Å². The Morgan fingerprint density at radius 3 is 3.06 bits per heavy atom. The van der Waals surface area contributed by atoms with E-state index in [0.29, 0.717) is 23.1 Å². The Morgan fingerprint density at radius 2 is 2.26 bits per heavy atom. The summed E-state index contributed by atoms with van der Waals surface area (Å²) in [6.45, 7) is 1.93. The molecular weight excluding hydrogens is 436 g/mol. The lowest BCUT2D eigenvalue weighted by atomic mass is 10.2. The highest BCUT2D eigenvalue weighted by Crippen LogP contribution is 2.34. The van der Waals surface area contributed by atoms with Crippen molar-refractivity contribution in [2.24, 2.45) is 0 Å². The Hall–Kier alpha value is -2.59. The Kier molecular flexibility index (Phi) is 6.77. The van der Waals surface area contributed by atoms with Crippen LogP contribution in [-0.2, 0) is 34.7 Å². The molecule has 164 valence electrons. The average Bonchev–Trinajstić information content (AvgIpc) is 3.46. The molecule has 0 aromatic carbocycles. The summed E-state index contributed by atoms with van der Waals surface area (Å²) in [5.41, 5.74) is 1.11. The fraction of sp³-hybridized carbons (Fsp3) is 0.429. The van der Waals surface area contributed by atoms with Crippen LogP contribution in [0.5, 0.6) is 0 Å². The number of nitrogens with one attached hydrogen (secondary N) is 3. The SMILES string of the molecule is CC(NC(=O)CCSCc1nc2sc3c(c2c(=O)[nH]1)CCC3)C(=O)NCc1ccco1. The van der Waals surface area contributed by atoms with Crippen molar-refractivity contribution < 1.29 is 14.0 Å². The number of H-pyrrole nitrogens is 1. The van der Waals surface area contributed by atoms with Crippen molar-refractivity contribution in [3.63, 3.8) is 0 Å². The average molecular weight is 461 g/mol. The summed E-state index contributed by atoms with van der Waals surface area (Å²) < 4.78 is 5.16. The monoisotopic (exact) mass is 460 g/mol. The number of rotatable bonds is 9. The molecule has 3 N–H and O–H groups in total. The standard InChI is InChI=1S/C21H24N4O4S2/c1-12(19(27)22-10-13-4-3-8-29-13)23-17(26)7-9-30-11-16-24-20(28)18-14-5-2-6-15(14)31-21(18)25-16/h3-4,8,12H,2,5-7,9-11H2,1H3,(H,22,27)(H,23,26)(H,24,25,28). The number of aryl methyl sites for hydroxylation is 2. The molecule has 0 spiro atoms. The molecule has 1 aliphatic carbocycles. The number of carbonyl (C=O) groups excluding carboxylic acids is 2. The summed E-state index contributed by atoms with van der Waals surface area (Å²) in [4.78, 5) is 46.3. The first-order valence-electron chi connectivity index (χ1n) is 10.2. The summed E-state index contributed by atoms with van der Waals surface area (Å²) in [7, 11) is 0. The van der Waals surface area contributed by atoms with E-state index in [4.69, 9.17) is 4.42 Å². The highest BCUT2D eigenvalue weighted by atomic mass is 32.2. The molecule has 0 radical (unpaired) electrons. The minimum Gasteiger partial charge on any atom is -0.467 e. The van der Waals surface area contributed by atoms with Crippen LogP contribution >= 0.6 is 23.1 Å². The molecule has 0 saturated carbocycles. The largest absolute Gasteiger partial charge is 0.467 e. The molecule has 8 nitrogen and oxygen atoms in total. The predicted octanol–water partition coefficient (Wildman–Crippen LogP) is 2.51. The number of aromatic nitrogens is 2. The van der Waals surface area contributed by atoms with Crippen LogP contribution in [0.1, 0.15) is 41.8 Å². The number of fused-ring (bicyclic) bond motifs is 3. The summed E-state index contributed by atoms with van der Waals surface area (Å²) in [5.74, 6) is 1.92. The number of aromatic amines is 1. The van der Waals surface area contributed by atoms with Crippen LogP contribution < -0.4 is 16.2 Å². The quantitative estimate of drug-likeness (QED) is 0.423. The number of thiophene rings is 1. The van der Waals surface area contributed by atoms with Gasteiger partial charge in [-0.2, -0.15) is 11.8 Å². The molecule has 31 heavy (non-hydrogen) atoms. The third-order valence-electron chi connectivity index (χ3n) is 5.12.